The number of rotatable bonds is 4. The van der Waals surface area contributed by atoms with E-state index in [0.29, 0.717) is 11.3 Å². The van der Waals surface area contributed by atoms with Crippen LogP contribution >= 0.6 is 0 Å². The Morgan fingerprint density at radius 2 is 1.67 bits per heavy atom. The number of nitrogens with zero attached hydrogens (tertiary/aromatic N) is 2. The molecule has 1 saturated heterocycles. The highest BCUT2D eigenvalue weighted by Crippen LogP contribution is 2.47. The van der Waals surface area contributed by atoms with Gasteiger partial charge in [0.2, 0.25) is 5.95 Å². The predicted molar refractivity (Wildman–Crippen MR) is 128 cm³/mol. The summed E-state index contributed by atoms with van der Waals surface area (Å²) < 4.78 is 32.3. The van der Waals surface area contributed by atoms with Gasteiger partial charge in [-0.25, -0.2) is 9.37 Å². The zero-order valence-corrected chi connectivity index (χ0v) is 19.9. The van der Waals surface area contributed by atoms with Gasteiger partial charge in [-0.1, -0.05) is 18.2 Å². The minimum Gasteiger partial charge on any atom is -0.496 e. The van der Waals surface area contributed by atoms with E-state index in [2.05, 4.69) is 4.98 Å². The molecule has 1 aromatic heterocycles. The number of halogens is 2. The molecule has 1 saturated carbocycles. The Kier molecular flexibility index (Phi) is 5.90. The van der Waals surface area contributed by atoms with Gasteiger partial charge in [-0.05, 0) is 47.9 Å². The standard InChI is InChI=1S/C28H24F2N2O4/c1-16-9-19(17-3-5-20(29)6-4-17)10-23(36-2)25(16)26-21(33)12-28(13-22(26)34)14-32(15-28)27(35)18-7-8-31-24(30)11-18/h3-11,26H,12-15H2,1-2H3. The first-order valence-corrected chi connectivity index (χ1v) is 11.6. The third-order valence-electron chi connectivity index (χ3n) is 7.09. The van der Waals surface area contributed by atoms with Crippen LogP contribution in [-0.2, 0) is 9.59 Å². The number of hydrogen-bond donors (Lipinski definition) is 0. The average Bonchev–Trinajstić information content (AvgIpc) is 2.82. The monoisotopic (exact) mass is 490 g/mol. The number of ketones is 2. The lowest BCUT2D eigenvalue weighted by Gasteiger charge is -2.52. The lowest BCUT2D eigenvalue weighted by molar-refractivity contribution is -0.141. The van der Waals surface area contributed by atoms with Crippen LogP contribution in [0.25, 0.3) is 11.1 Å². The number of aryl methyl sites for hydroxylation is 1. The first kappa shape index (κ1) is 23.8. The highest BCUT2D eigenvalue weighted by atomic mass is 19.1. The molecule has 2 aliphatic rings. The molecule has 0 radical (unpaired) electrons. The number of aromatic nitrogens is 1. The van der Waals surface area contributed by atoms with Gasteiger partial charge >= 0.3 is 0 Å². The van der Waals surface area contributed by atoms with Gasteiger partial charge < -0.3 is 9.64 Å². The maximum Gasteiger partial charge on any atom is 0.254 e. The Bertz CT molecular complexity index is 1360. The van der Waals surface area contributed by atoms with Crippen molar-refractivity contribution in [2.24, 2.45) is 5.41 Å². The molecule has 184 valence electrons. The summed E-state index contributed by atoms with van der Waals surface area (Å²) in [7, 11) is 1.49. The first-order valence-electron chi connectivity index (χ1n) is 11.6. The molecule has 3 aromatic rings. The molecule has 8 heteroatoms. The van der Waals surface area contributed by atoms with Gasteiger partial charge in [0, 0.05) is 54.7 Å². The maximum atomic E-state index is 13.4. The zero-order chi connectivity index (χ0) is 25.6. The summed E-state index contributed by atoms with van der Waals surface area (Å²) in [5, 5.41) is 0. The second-order valence-electron chi connectivity index (χ2n) is 9.66. The lowest BCUT2D eigenvalue weighted by atomic mass is 9.63. The number of methoxy groups -OCH3 is 1. The molecule has 6 nitrogen and oxygen atoms in total. The molecule has 2 heterocycles. The zero-order valence-electron chi connectivity index (χ0n) is 19.9. The Labute approximate surface area is 206 Å². The number of hydrogen-bond acceptors (Lipinski definition) is 5. The summed E-state index contributed by atoms with van der Waals surface area (Å²) >= 11 is 0. The summed E-state index contributed by atoms with van der Waals surface area (Å²) in [5.74, 6) is -2.34. The van der Waals surface area contributed by atoms with Crippen LogP contribution in [0.15, 0.2) is 54.7 Å². The Morgan fingerprint density at radius 3 is 2.28 bits per heavy atom. The third kappa shape index (κ3) is 4.17. The normalized spacial score (nSPS) is 17.3. The van der Waals surface area contributed by atoms with Crippen LogP contribution in [-0.4, -0.2) is 47.6 Å². The van der Waals surface area contributed by atoms with Gasteiger partial charge in [0.05, 0.1) is 7.11 Å². The number of ether oxygens (including phenoxy) is 1. The van der Waals surface area contributed by atoms with Crippen molar-refractivity contribution in [2.45, 2.75) is 25.7 Å². The quantitative estimate of drug-likeness (QED) is 0.398. The van der Waals surface area contributed by atoms with Gasteiger partial charge in [-0.2, -0.15) is 4.39 Å². The third-order valence-corrected chi connectivity index (χ3v) is 7.09. The lowest BCUT2D eigenvalue weighted by Crippen LogP contribution is -2.62. The van der Waals surface area contributed by atoms with Crippen LogP contribution in [0.2, 0.25) is 0 Å². The number of pyridine rings is 1. The van der Waals surface area contributed by atoms with E-state index in [1.165, 1.54) is 36.4 Å². The molecule has 1 spiro atoms. The van der Waals surface area contributed by atoms with Gasteiger partial charge in [0.25, 0.3) is 5.91 Å². The van der Waals surface area contributed by atoms with E-state index in [1.807, 2.05) is 13.0 Å². The van der Waals surface area contributed by atoms with Crippen LogP contribution in [0.4, 0.5) is 8.78 Å². The fourth-order valence-electron chi connectivity index (χ4n) is 5.47. The van der Waals surface area contributed by atoms with E-state index in [-0.39, 0.29) is 54.8 Å². The van der Waals surface area contributed by atoms with Gasteiger partial charge in [0.15, 0.2) is 0 Å². The van der Waals surface area contributed by atoms with Crippen LogP contribution in [0, 0.1) is 24.1 Å². The van der Waals surface area contributed by atoms with Crippen molar-refractivity contribution in [1.29, 1.82) is 0 Å². The van der Waals surface area contributed by atoms with E-state index >= 15 is 0 Å². The Hall–Kier alpha value is -3.94. The van der Waals surface area contributed by atoms with Crippen molar-refractivity contribution >= 4 is 17.5 Å². The van der Waals surface area contributed by atoms with Crippen LogP contribution in [0.3, 0.4) is 0 Å². The van der Waals surface area contributed by atoms with Crippen molar-refractivity contribution in [1.82, 2.24) is 9.88 Å². The molecule has 0 bridgehead atoms. The molecule has 0 atom stereocenters. The molecule has 1 amide bonds. The molecule has 1 aliphatic carbocycles. The molecular formula is C28H24F2N2O4. The molecule has 1 aliphatic heterocycles. The van der Waals surface area contributed by atoms with Gasteiger partial charge in [-0.3, -0.25) is 14.4 Å². The topological polar surface area (TPSA) is 76.6 Å². The fourth-order valence-corrected chi connectivity index (χ4v) is 5.47. The number of amides is 1. The maximum absolute atomic E-state index is 13.4. The van der Waals surface area contributed by atoms with E-state index < -0.39 is 17.3 Å². The SMILES string of the molecule is COc1cc(-c2ccc(F)cc2)cc(C)c1C1C(=O)CC2(CC1=O)CN(C(=O)c1ccnc(F)c1)C2. The smallest absolute Gasteiger partial charge is 0.254 e. The van der Waals surface area contributed by atoms with Crippen molar-refractivity contribution in [3.05, 3.63) is 83.2 Å². The number of Topliss-reactive ketones (excluding diaryl/α,β-unsaturated/α-hetero) is 2. The fraction of sp³-hybridized carbons (Fsp3) is 0.286. The van der Waals surface area contributed by atoms with E-state index in [1.54, 1.807) is 18.2 Å². The largest absolute Gasteiger partial charge is 0.496 e. The molecule has 2 aromatic carbocycles. The molecule has 2 fully saturated rings. The number of likely N-dealkylation sites (tertiary alicyclic amines) is 1. The van der Waals surface area contributed by atoms with Gasteiger partial charge in [-0.15, -0.1) is 0 Å². The minimum absolute atomic E-state index is 0.167. The summed E-state index contributed by atoms with van der Waals surface area (Å²) in [6, 6.07) is 12.2. The van der Waals surface area contributed by atoms with Gasteiger partial charge in [0.1, 0.15) is 29.1 Å². The van der Waals surface area contributed by atoms with Crippen LogP contribution in [0.5, 0.6) is 5.75 Å². The van der Waals surface area contributed by atoms with E-state index in [4.69, 9.17) is 4.74 Å². The highest BCUT2D eigenvalue weighted by molar-refractivity contribution is 6.11. The first-order chi connectivity index (χ1) is 17.2. The highest BCUT2D eigenvalue weighted by Gasteiger charge is 2.53. The molecule has 0 N–H and O–H groups in total. The number of carbonyl (C=O) groups excluding carboxylic acids is 3. The van der Waals surface area contributed by atoms with E-state index in [9.17, 15) is 23.2 Å². The molecular weight excluding hydrogens is 466 g/mol. The number of benzene rings is 2. The van der Waals surface area contributed by atoms with Crippen molar-refractivity contribution in [3.8, 4) is 16.9 Å². The molecule has 5 rings (SSSR count). The van der Waals surface area contributed by atoms with E-state index in [0.717, 1.165) is 22.8 Å². The van der Waals surface area contributed by atoms with Crippen molar-refractivity contribution in [2.75, 3.05) is 20.2 Å². The minimum atomic E-state index is -0.938. The Balaban J connectivity index is 1.36. The Morgan fingerprint density at radius 1 is 1.00 bits per heavy atom. The van der Waals surface area contributed by atoms with Crippen molar-refractivity contribution in [3.63, 3.8) is 0 Å². The summed E-state index contributed by atoms with van der Waals surface area (Å²) in [6.07, 6.45) is 1.56. The number of carbonyl (C=O) groups is 3. The van der Waals surface area contributed by atoms with Crippen molar-refractivity contribution < 1.29 is 27.9 Å². The predicted octanol–water partition coefficient (Wildman–Crippen LogP) is 4.50. The second kappa shape index (κ2) is 8.93. The second-order valence-corrected chi connectivity index (χ2v) is 9.66. The van der Waals surface area contributed by atoms with Crippen LogP contribution in [0.1, 0.15) is 40.2 Å². The van der Waals surface area contributed by atoms with Crippen LogP contribution < -0.4 is 4.74 Å². The summed E-state index contributed by atoms with van der Waals surface area (Å²) in [5.41, 5.74) is 2.46. The molecule has 0 unspecified atom stereocenters. The summed E-state index contributed by atoms with van der Waals surface area (Å²) in [6.45, 7) is 2.35. The molecule has 36 heavy (non-hydrogen) atoms. The summed E-state index contributed by atoms with van der Waals surface area (Å²) in [4.78, 5) is 44.3. The average molecular weight is 491 g/mol.